The summed E-state index contributed by atoms with van der Waals surface area (Å²) in [6.45, 7) is 1.75. The highest BCUT2D eigenvalue weighted by atomic mass is 32.2. The van der Waals surface area contributed by atoms with Gasteiger partial charge in [-0.3, -0.25) is 4.79 Å². The largest absolute Gasteiger partial charge is 0.369 e. The maximum absolute atomic E-state index is 11.2. The molecule has 0 unspecified atom stereocenters. The SMILES string of the molecule is C[C@H](Sc1ncnc2c1cnn2-c1ccccc1)C(N)=O. The molecule has 7 heteroatoms. The van der Waals surface area contributed by atoms with Crippen LogP contribution >= 0.6 is 11.8 Å². The lowest BCUT2D eigenvalue weighted by molar-refractivity contribution is -0.117. The molecule has 0 saturated carbocycles. The summed E-state index contributed by atoms with van der Waals surface area (Å²) in [5, 5.41) is 5.51. The van der Waals surface area contributed by atoms with Gasteiger partial charge in [-0.1, -0.05) is 30.0 Å². The van der Waals surface area contributed by atoms with Crippen LogP contribution in [0, 0.1) is 0 Å². The second kappa shape index (κ2) is 5.53. The first-order valence-electron chi connectivity index (χ1n) is 6.37. The average molecular weight is 299 g/mol. The summed E-state index contributed by atoms with van der Waals surface area (Å²) in [5.41, 5.74) is 6.93. The molecule has 0 saturated heterocycles. The normalized spacial score (nSPS) is 12.4. The van der Waals surface area contributed by atoms with Gasteiger partial charge in [0.15, 0.2) is 5.65 Å². The molecule has 0 fully saturated rings. The van der Waals surface area contributed by atoms with Crippen molar-refractivity contribution in [1.82, 2.24) is 19.7 Å². The van der Waals surface area contributed by atoms with Gasteiger partial charge in [0.05, 0.1) is 22.5 Å². The van der Waals surface area contributed by atoms with E-state index in [4.69, 9.17) is 5.73 Å². The third-order valence-electron chi connectivity index (χ3n) is 3.02. The summed E-state index contributed by atoms with van der Waals surface area (Å²) < 4.78 is 1.75. The Morgan fingerprint density at radius 3 is 2.76 bits per heavy atom. The van der Waals surface area contributed by atoms with Crippen molar-refractivity contribution in [3.63, 3.8) is 0 Å². The summed E-state index contributed by atoms with van der Waals surface area (Å²) in [6, 6.07) is 9.73. The van der Waals surface area contributed by atoms with Gasteiger partial charge in [0.2, 0.25) is 5.91 Å². The van der Waals surface area contributed by atoms with Gasteiger partial charge in [-0.15, -0.1) is 0 Å². The molecule has 1 amide bonds. The molecule has 2 N–H and O–H groups in total. The first-order valence-corrected chi connectivity index (χ1v) is 7.25. The molecule has 21 heavy (non-hydrogen) atoms. The van der Waals surface area contributed by atoms with Crippen molar-refractivity contribution in [3.05, 3.63) is 42.9 Å². The molecular formula is C14H13N5OS. The Kier molecular flexibility index (Phi) is 3.57. The van der Waals surface area contributed by atoms with Gasteiger partial charge in [-0.2, -0.15) is 5.10 Å². The second-order valence-electron chi connectivity index (χ2n) is 4.47. The number of hydrogen-bond acceptors (Lipinski definition) is 5. The van der Waals surface area contributed by atoms with Crippen LogP contribution < -0.4 is 5.73 Å². The van der Waals surface area contributed by atoms with E-state index in [0.29, 0.717) is 10.7 Å². The Morgan fingerprint density at radius 2 is 2.05 bits per heavy atom. The number of nitrogens with zero attached hydrogens (tertiary/aromatic N) is 4. The van der Waals surface area contributed by atoms with Crippen LogP contribution in [0.1, 0.15) is 6.92 Å². The van der Waals surface area contributed by atoms with Crippen LogP contribution in [0.4, 0.5) is 0 Å². The summed E-state index contributed by atoms with van der Waals surface area (Å²) in [7, 11) is 0. The van der Waals surface area contributed by atoms with Crippen LogP contribution in [0.15, 0.2) is 47.9 Å². The number of carbonyl (C=O) groups is 1. The molecule has 6 nitrogen and oxygen atoms in total. The van der Waals surface area contributed by atoms with Gasteiger partial charge in [0.25, 0.3) is 0 Å². The van der Waals surface area contributed by atoms with Crippen molar-refractivity contribution in [2.24, 2.45) is 5.73 Å². The number of primary amides is 1. The summed E-state index contributed by atoms with van der Waals surface area (Å²) in [6.07, 6.45) is 3.18. The van der Waals surface area contributed by atoms with E-state index in [9.17, 15) is 4.79 Å². The number of aromatic nitrogens is 4. The number of fused-ring (bicyclic) bond motifs is 1. The number of para-hydroxylation sites is 1. The van der Waals surface area contributed by atoms with E-state index in [1.165, 1.54) is 18.1 Å². The van der Waals surface area contributed by atoms with Crippen molar-refractivity contribution in [2.75, 3.05) is 0 Å². The first kappa shape index (κ1) is 13.6. The molecule has 3 rings (SSSR count). The van der Waals surface area contributed by atoms with E-state index in [1.807, 2.05) is 30.3 Å². The lowest BCUT2D eigenvalue weighted by Crippen LogP contribution is -2.22. The minimum Gasteiger partial charge on any atom is -0.369 e. The van der Waals surface area contributed by atoms with Gasteiger partial charge in [0.1, 0.15) is 11.4 Å². The van der Waals surface area contributed by atoms with Gasteiger partial charge in [0, 0.05) is 0 Å². The highest BCUT2D eigenvalue weighted by molar-refractivity contribution is 8.00. The number of benzene rings is 1. The smallest absolute Gasteiger partial charge is 0.230 e. The van der Waals surface area contributed by atoms with E-state index in [-0.39, 0.29) is 11.2 Å². The zero-order valence-corrected chi connectivity index (χ0v) is 12.1. The van der Waals surface area contributed by atoms with Crippen molar-refractivity contribution >= 4 is 28.7 Å². The van der Waals surface area contributed by atoms with Crippen LogP contribution in [0.25, 0.3) is 16.7 Å². The number of hydrogen-bond donors (Lipinski definition) is 1. The molecular weight excluding hydrogens is 286 g/mol. The molecule has 0 aliphatic heterocycles. The summed E-state index contributed by atoms with van der Waals surface area (Å²) in [4.78, 5) is 19.7. The third kappa shape index (κ3) is 2.59. The number of thioether (sulfide) groups is 1. The predicted molar refractivity (Wildman–Crippen MR) is 81.2 cm³/mol. The molecule has 2 heterocycles. The number of rotatable bonds is 4. The Morgan fingerprint density at radius 1 is 1.29 bits per heavy atom. The summed E-state index contributed by atoms with van der Waals surface area (Å²) >= 11 is 1.31. The van der Waals surface area contributed by atoms with Gasteiger partial charge in [-0.05, 0) is 19.1 Å². The van der Waals surface area contributed by atoms with Crippen molar-refractivity contribution in [3.8, 4) is 5.69 Å². The number of carbonyl (C=O) groups excluding carboxylic acids is 1. The van der Waals surface area contributed by atoms with Crippen LogP contribution in [-0.4, -0.2) is 30.9 Å². The minimum atomic E-state index is -0.373. The Bertz CT molecular complexity index is 786. The molecule has 0 aliphatic carbocycles. The molecule has 106 valence electrons. The van der Waals surface area contributed by atoms with Crippen LogP contribution in [0.5, 0.6) is 0 Å². The lowest BCUT2D eigenvalue weighted by Gasteiger charge is -2.07. The first-order chi connectivity index (χ1) is 10.2. The van der Waals surface area contributed by atoms with Gasteiger partial charge >= 0.3 is 0 Å². The molecule has 0 aliphatic rings. The number of nitrogens with two attached hydrogens (primary N) is 1. The zero-order chi connectivity index (χ0) is 14.8. The fourth-order valence-electron chi connectivity index (χ4n) is 1.90. The van der Waals surface area contributed by atoms with E-state index in [1.54, 1.807) is 17.8 Å². The summed E-state index contributed by atoms with van der Waals surface area (Å²) in [5.74, 6) is -0.373. The van der Waals surface area contributed by atoms with Gasteiger partial charge in [-0.25, -0.2) is 14.6 Å². The van der Waals surface area contributed by atoms with Crippen molar-refractivity contribution in [2.45, 2.75) is 17.2 Å². The van der Waals surface area contributed by atoms with Crippen LogP contribution in [-0.2, 0) is 4.79 Å². The topological polar surface area (TPSA) is 86.7 Å². The molecule has 0 bridgehead atoms. The fourth-order valence-corrected chi connectivity index (χ4v) is 2.73. The monoisotopic (exact) mass is 299 g/mol. The fraction of sp³-hybridized carbons (Fsp3) is 0.143. The number of amides is 1. The van der Waals surface area contributed by atoms with Crippen molar-refractivity contribution in [1.29, 1.82) is 0 Å². The minimum absolute atomic E-state index is 0.358. The quantitative estimate of drug-likeness (QED) is 0.586. The maximum Gasteiger partial charge on any atom is 0.230 e. The average Bonchev–Trinajstić information content (AvgIpc) is 2.93. The molecule has 1 aromatic carbocycles. The van der Waals surface area contributed by atoms with Crippen LogP contribution in [0.2, 0.25) is 0 Å². The molecule has 1 atom stereocenters. The molecule has 3 aromatic rings. The second-order valence-corrected chi connectivity index (χ2v) is 5.80. The van der Waals surface area contributed by atoms with Crippen LogP contribution in [0.3, 0.4) is 0 Å². The Labute approximate surface area is 125 Å². The molecule has 0 spiro atoms. The van der Waals surface area contributed by atoms with Crippen molar-refractivity contribution < 1.29 is 4.79 Å². The van der Waals surface area contributed by atoms with Gasteiger partial charge < -0.3 is 5.73 Å². The predicted octanol–water partition coefficient (Wildman–Crippen LogP) is 1.78. The zero-order valence-electron chi connectivity index (χ0n) is 11.3. The highest BCUT2D eigenvalue weighted by Crippen LogP contribution is 2.28. The third-order valence-corrected chi connectivity index (χ3v) is 4.15. The Balaban J connectivity index is 2.06. The maximum atomic E-state index is 11.2. The molecule has 0 radical (unpaired) electrons. The van der Waals surface area contributed by atoms with E-state index in [2.05, 4.69) is 15.1 Å². The highest BCUT2D eigenvalue weighted by Gasteiger charge is 2.16. The molecule has 2 aromatic heterocycles. The van der Waals surface area contributed by atoms with E-state index >= 15 is 0 Å². The van der Waals surface area contributed by atoms with E-state index < -0.39 is 0 Å². The van der Waals surface area contributed by atoms with E-state index in [0.717, 1.165) is 11.1 Å². The standard InChI is InChI=1S/C14H13N5OS/c1-9(12(15)20)21-14-11-7-18-19(13(11)16-8-17-14)10-5-3-2-4-6-10/h2-9H,1H3,(H2,15,20)/t9-/m0/s1. The lowest BCUT2D eigenvalue weighted by atomic mass is 10.3. The Hall–Kier alpha value is -2.41.